The summed E-state index contributed by atoms with van der Waals surface area (Å²) in [5.74, 6) is -0.908. The van der Waals surface area contributed by atoms with Crippen molar-refractivity contribution in [3.63, 3.8) is 0 Å². The van der Waals surface area contributed by atoms with Crippen molar-refractivity contribution in [2.24, 2.45) is 5.73 Å². The number of esters is 1. The quantitative estimate of drug-likeness (QED) is 0.160. The number of amides is 2. The molecular weight excluding hydrogens is 552 g/mol. The van der Waals surface area contributed by atoms with Crippen LogP contribution in [0.25, 0.3) is 0 Å². The van der Waals surface area contributed by atoms with Crippen molar-refractivity contribution in [2.45, 2.75) is 84.1 Å². The summed E-state index contributed by atoms with van der Waals surface area (Å²) < 4.78 is 20.6. The maximum atomic E-state index is 12.9. The molecule has 4 N–H and O–H groups in total. The normalized spacial score (nSPS) is 13.1. The number of aromatic nitrogens is 1. The van der Waals surface area contributed by atoms with E-state index in [1.54, 1.807) is 41.5 Å². The first-order valence-electron chi connectivity index (χ1n) is 11.7. The van der Waals surface area contributed by atoms with Gasteiger partial charge in [-0.25, -0.2) is 14.6 Å². The summed E-state index contributed by atoms with van der Waals surface area (Å²) in [5, 5.41) is 5.26. The van der Waals surface area contributed by atoms with Gasteiger partial charge in [-0.05, 0) is 70.3 Å². The lowest BCUT2D eigenvalue weighted by Gasteiger charge is -2.23. The van der Waals surface area contributed by atoms with E-state index in [0.717, 1.165) is 0 Å². The predicted octanol–water partition coefficient (Wildman–Crippen LogP) is 2.99. The standard InChI is InChI=1S/C24H37BrN4O8/c1-23(2,3)36-21(32)29-17(19(30)27-10-8-9-16(26)20(31)34-7)12-14-11-15(13-18(25)28-14)35-22(33)37-24(4,5)6/h11,13,16-17H,8-10,12,26H2,1-7H3,(H,27,30)(H,29,32)/t16-,17-/m0/s1. The highest BCUT2D eigenvalue weighted by atomic mass is 79.9. The maximum Gasteiger partial charge on any atom is 0.514 e. The zero-order valence-electron chi connectivity index (χ0n) is 22.3. The zero-order valence-corrected chi connectivity index (χ0v) is 23.9. The molecule has 1 aromatic heterocycles. The van der Waals surface area contributed by atoms with Crippen LogP contribution in [-0.4, -0.2) is 66.0 Å². The molecule has 0 aliphatic heterocycles. The molecule has 208 valence electrons. The van der Waals surface area contributed by atoms with Gasteiger partial charge < -0.3 is 35.3 Å². The molecule has 2 amide bonds. The van der Waals surface area contributed by atoms with Crippen molar-refractivity contribution >= 4 is 40.1 Å². The Morgan fingerprint density at radius 3 is 2.24 bits per heavy atom. The maximum absolute atomic E-state index is 12.9. The van der Waals surface area contributed by atoms with Crippen molar-refractivity contribution in [3.05, 3.63) is 22.4 Å². The molecule has 0 unspecified atom stereocenters. The number of rotatable bonds is 10. The Morgan fingerprint density at radius 1 is 1.05 bits per heavy atom. The average molecular weight is 589 g/mol. The fourth-order valence-electron chi connectivity index (χ4n) is 2.85. The van der Waals surface area contributed by atoms with Crippen LogP contribution in [0.1, 0.15) is 60.1 Å². The number of nitrogens with zero attached hydrogens (tertiary/aromatic N) is 1. The van der Waals surface area contributed by atoms with Gasteiger partial charge in [0.25, 0.3) is 0 Å². The van der Waals surface area contributed by atoms with Crippen LogP contribution in [0.4, 0.5) is 9.59 Å². The third-order valence-electron chi connectivity index (χ3n) is 4.33. The molecule has 0 aliphatic rings. The van der Waals surface area contributed by atoms with Gasteiger partial charge in [0.2, 0.25) is 5.91 Å². The lowest BCUT2D eigenvalue weighted by Crippen LogP contribution is -2.49. The van der Waals surface area contributed by atoms with Gasteiger partial charge in [-0.2, -0.15) is 0 Å². The van der Waals surface area contributed by atoms with Crippen LogP contribution in [0.15, 0.2) is 16.7 Å². The summed E-state index contributed by atoms with van der Waals surface area (Å²) in [7, 11) is 1.25. The fraction of sp³-hybridized carbons (Fsp3) is 0.625. The Kier molecular flexibility index (Phi) is 12.3. The number of hydrogen-bond acceptors (Lipinski definition) is 10. The van der Waals surface area contributed by atoms with E-state index >= 15 is 0 Å². The Bertz CT molecular complexity index is 959. The van der Waals surface area contributed by atoms with E-state index in [1.165, 1.54) is 19.2 Å². The van der Waals surface area contributed by atoms with Crippen molar-refractivity contribution in [2.75, 3.05) is 13.7 Å². The number of ether oxygens (including phenoxy) is 4. The summed E-state index contributed by atoms with van der Waals surface area (Å²) in [6.45, 7) is 10.4. The summed E-state index contributed by atoms with van der Waals surface area (Å²) in [6, 6.07) is 1.06. The highest BCUT2D eigenvalue weighted by Gasteiger charge is 2.26. The van der Waals surface area contributed by atoms with Crippen LogP contribution >= 0.6 is 15.9 Å². The van der Waals surface area contributed by atoms with Crippen LogP contribution in [-0.2, 0) is 30.2 Å². The average Bonchev–Trinajstić information content (AvgIpc) is 2.72. The molecule has 1 rings (SSSR count). The number of pyridine rings is 1. The van der Waals surface area contributed by atoms with E-state index in [2.05, 4.69) is 36.3 Å². The summed E-state index contributed by atoms with van der Waals surface area (Å²) in [4.78, 5) is 53.1. The van der Waals surface area contributed by atoms with Gasteiger partial charge in [-0.3, -0.25) is 9.59 Å². The van der Waals surface area contributed by atoms with Gasteiger partial charge >= 0.3 is 18.2 Å². The van der Waals surface area contributed by atoms with Crippen molar-refractivity contribution in [1.29, 1.82) is 0 Å². The summed E-state index contributed by atoms with van der Waals surface area (Å²) in [5.41, 5.74) is 4.53. The molecule has 2 atom stereocenters. The van der Waals surface area contributed by atoms with E-state index < -0.39 is 47.4 Å². The highest BCUT2D eigenvalue weighted by Crippen LogP contribution is 2.21. The first-order valence-corrected chi connectivity index (χ1v) is 12.5. The van der Waals surface area contributed by atoms with Gasteiger partial charge in [-0.15, -0.1) is 0 Å². The van der Waals surface area contributed by atoms with E-state index in [9.17, 15) is 19.2 Å². The third kappa shape index (κ3) is 13.8. The molecule has 0 saturated heterocycles. The molecule has 13 heteroatoms. The molecule has 1 heterocycles. The fourth-order valence-corrected chi connectivity index (χ4v) is 3.30. The van der Waals surface area contributed by atoms with Crippen molar-refractivity contribution in [3.8, 4) is 5.75 Å². The minimum atomic E-state index is -1.07. The van der Waals surface area contributed by atoms with Crippen LogP contribution < -0.4 is 21.1 Å². The number of nitrogens with one attached hydrogen (secondary N) is 2. The molecule has 0 fully saturated rings. The number of alkyl carbamates (subject to hydrolysis) is 1. The molecule has 12 nitrogen and oxygen atoms in total. The minimum Gasteiger partial charge on any atom is -0.468 e. The molecule has 0 spiro atoms. The second-order valence-electron chi connectivity index (χ2n) is 10.1. The minimum absolute atomic E-state index is 0.0448. The zero-order chi connectivity index (χ0) is 28.4. The molecular formula is C24H37BrN4O8. The summed E-state index contributed by atoms with van der Waals surface area (Å²) >= 11 is 3.26. The van der Waals surface area contributed by atoms with Gasteiger partial charge in [0, 0.05) is 30.8 Å². The van der Waals surface area contributed by atoms with Crippen molar-refractivity contribution in [1.82, 2.24) is 15.6 Å². The smallest absolute Gasteiger partial charge is 0.468 e. The molecule has 0 aliphatic carbocycles. The van der Waals surface area contributed by atoms with Gasteiger partial charge in [0.1, 0.15) is 33.6 Å². The Labute approximate surface area is 225 Å². The number of carbonyl (C=O) groups is 4. The number of nitrogens with two attached hydrogens (primary N) is 1. The van der Waals surface area contributed by atoms with Crippen LogP contribution in [0.2, 0.25) is 0 Å². The first-order chi connectivity index (χ1) is 17.0. The second kappa shape index (κ2) is 14.1. The highest BCUT2D eigenvalue weighted by molar-refractivity contribution is 9.10. The first kappa shape index (κ1) is 32.1. The Balaban J connectivity index is 2.97. The monoisotopic (exact) mass is 588 g/mol. The van der Waals surface area contributed by atoms with E-state index in [0.29, 0.717) is 23.1 Å². The molecule has 0 aromatic carbocycles. The number of methoxy groups -OCH3 is 1. The topological polar surface area (TPSA) is 168 Å². The third-order valence-corrected chi connectivity index (χ3v) is 4.73. The summed E-state index contributed by atoms with van der Waals surface area (Å²) in [6.07, 6.45) is -1.03. The molecule has 0 radical (unpaired) electrons. The number of halogens is 1. The Hall–Kier alpha value is -2.93. The van der Waals surface area contributed by atoms with E-state index in [-0.39, 0.29) is 18.7 Å². The molecule has 1 aromatic rings. The second-order valence-corrected chi connectivity index (χ2v) is 11.0. The molecule has 0 bridgehead atoms. The number of hydrogen-bond donors (Lipinski definition) is 3. The van der Waals surface area contributed by atoms with Crippen LogP contribution in [0.3, 0.4) is 0 Å². The lowest BCUT2D eigenvalue weighted by atomic mass is 10.1. The SMILES string of the molecule is COC(=O)[C@@H](N)CCCNC(=O)[C@H](Cc1cc(OC(=O)OC(C)(C)C)cc(Br)n1)NC(=O)OC(C)(C)C. The van der Waals surface area contributed by atoms with Gasteiger partial charge in [0.15, 0.2) is 0 Å². The van der Waals surface area contributed by atoms with Crippen LogP contribution in [0.5, 0.6) is 5.75 Å². The predicted molar refractivity (Wildman–Crippen MR) is 138 cm³/mol. The van der Waals surface area contributed by atoms with Gasteiger partial charge in [-0.1, -0.05) is 0 Å². The molecule has 37 heavy (non-hydrogen) atoms. The molecule has 0 saturated carbocycles. The van der Waals surface area contributed by atoms with Crippen LogP contribution in [0, 0.1) is 0 Å². The Morgan fingerprint density at radius 2 is 1.68 bits per heavy atom. The largest absolute Gasteiger partial charge is 0.514 e. The van der Waals surface area contributed by atoms with E-state index in [1.807, 2.05) is 0 Å². The van der Waals surface area contributed by atoms with Crippen molar-refractivity contribution < 1.29 is 38.1 Å². The lowest BCUT2D eigenvalue weighted by molar-refractivity contribution is -0.142. The van der Waals surface area contributed by atoms with E-state index in [4.69, 9.17) is 19.9 Å². The van der Waals surface area contributed by atoms with Gasteiger partial charge in [0.05, 0.1) is 7.11 Å². The number of carbonyl (C=O) groups excluding carboxylic acids is 4.